The van der Waals surface area contributed by atoms with Crippen LogP contribution in [0, 0.1) is 19.8 Å². The Bertz CT molecular complexity index is 451. The van der Waals surface area contributed by atoms with E-state index in [1.165, 1.54) is 10.4 Å². The molecule has 112 valence electrons. The van der Waals surface area contributed by atoms with Crippen LogP contribution in [0.3, 0.4) is 0 Å². The van der Waals surface area contributed by atoms with E-state index in [4.69, 9.17) is 5.11 Å². The van der Waals surface area contributed by atoms with Crippen molar-refractivity contribution in [2.75, 3.05) is 6.54 Å². The van der Waals surface area contributed by atoms with Gasteiger partial charge in [-0.05, 0) is 37.8 Å². The zero-order chi connectivity index (χ0) is 15.1. The van der Waals surface area contributed by atoms with Crippen LogP contribution in [0.2, 0.25) is 0 Å². The molecule has 0 aliphatic carbocycles. The molecule has 0 aromatic carbocycles. The maximum Gasteiger partial charge on any atom is 0.315 e. The predicted octanol–water partition coefficient (Wildman–Crippen LogP) is 2.67. The molecule has 6 heteroatoms. The number of hydrogen-bond donors (Lipinski definition) is 3. The third-order valence-corrected chi connectivity index (χ3v) is 4.25. The lowest BCUT2D eigenvalue weighted by Gasteiger charge is -2.12. The number of carbonyl (C=O) groups is 2. The van der Waals surface area contributed by atoms with Crippen molar-refractivity contribution in [3.8, 4) is 0 Å². The standard InChI is InChI=1S/C14H22N2O3S/c1-9(4-5-13(17)18)7-15-14(19)16-8-12-6-10(2)11(3)20-12/h6,9H,4-5,7-8H2,1-3H3,(H,17,18)(H2,15,16,19). The number of hydrogen-bond acceptors (Lipinski definition) is 3. The molecule has 0 aliphatic heterocycles. The summed E-state index contributed by atoms with van der Waals surface area (Å²) >= 11 is 1.68. The van der Waals surface area contributed by atoms with E-state index in [9.17, 15) is 9.59 Å². The smallest absolute Gasteiger partial charge is 0.315 e. The second-order valence-corrected chi connectivity index (χ2v) is 6.39. The first-order valence-electron chi connectivity index (χ1n) is 6.68. The van der Waals surface area contributed by atoms with Crippen LogP contribution in [-0.4, -0.2) is 23.7 Å². The molecule has 5 nitrogen and oxygen atoms in total. The van der Waals surface area contributed by atoms with Crippen LogP contribution in [0.1, 0.15) is 35.1 Å². The molecule has 0 saturated heterocycles. The SMILES string of the molecule is Cc1cc(CNC(=O)NCC(C)CCC(=O)O)sc1C. The van der Waals surface area contributed by atoms with Crippen molar-refractivity contribution in [2.45, 2.75) is 40.2 Å². The van der Waals surface area contributed by atoms with Crippen LogP contribution in [0.5, 0.6) is 0 Å². The summed E-state index contributed by atoms with van der Waals surface area (Å²) in [5.74, 6) is -0.646. The summed E-state index contributed by atoms with van der Waals surface area (Å²) in [6.45, 7) is 7.05. The van der Waals surface area contributed by atoms with Gasteiger partial charge >= 0.3 is 12.0 Å². The van der Waals surface area contributed by atoms with E-state index < -0.39 is 5.97 Å². The molecule has 3 N–H and O–H groups in total. The Morgan fingerprint density at radius 3 is 2.60 bits per heavy atom. The molecule has 1 aromatic rings. The minimum absolute atomic E-state index is 0.137. The summed E-state index contributed by atoms with van der Waals surface area (Å²) in [6, 6.07) is 1.87. The Kier molecular flexibility index (Phi) is 6.51. The summed E-state index contributed by atoms with van der Waals surface area (Å²) in [7, 11) is 0. The van der Waals surface area contributed by atoms with Gasteiger partial charge in [-0.1, -0.05) is 6.92 Å². The van der Waals surface area contributed by atoms with Gasteiger partial charge in [0.15, 0.2) is 0 Å². The quantitative estimate of drug-likeness (QED) is 0.724. The molecule has 0 saturated carbocycles. The van der Waals surface area contributed by atoms with Gasteiger partial charge in [-0.15, -0.1) is 11.3 Å². The maximum atomic E-state index is 11.6. The van der Waals surface area contributed by atoms with E-state index in [1.54, 1.807) is 11.3 Å². The Labute approximate surface area is 123 Å². The number of carbonyl (C=O) groups excluding carboxylic acids is 1. The van der Waals surface area contributed by atoms with Crippen molar-refractivity contribution in [1.82, 2.24) is 10.6 Å². The lowest BCUT2D eigenvalue weighted by molar-refractivity contribution is -0.137. The van der Waals surface area contributed by atoms with Crippen molar-refractivity contribution in [3.63, 3.8) is 0 Å². The van der Waals surface area contributed by atoms with E-state index in [0.717, 1.165) is 4.88 Å². The third-order valence-electron chi connectivity index (χ3n) is 3.10. The van der Waals surface area contributed by atoms with E-state index in [0.29, 0.717) is 19.5 Å². The number of thiophene rings is 1. The molecule has 1 unspecified atom stereocenters. The topological polar surface area (TPSA) is 78.4 Å². The number of nitrogens with one attached hydrogen (secondary N) is 2. The molecule has 0 fully saturated rings. The molecule has 0 aliphatic rings. The number of aryl methyl sites for hydroxylation is 2. The van der Waals surface area contributed by atoms with Gasteiger partial charge in [-0.3, -0.25) is 4.79 Å². The maximum absolute atomic E-state index is 11.6. The Morgan fingerprint density at radius 2 is 2.05 bits per heavy atom. The number of aliphatic carboxylic acids is 1. The van der Waals surface area contributed by atoms with Crippen molar-refractivity contribution in [1.29, 1.82) is 0 Å². The normalized spacial score (nSPS) is 11.9. The number of carboxylic acid groups (broad SMARTS) is 1. The summed E-state index contributed by atoms with van der Waals surface area (Å²) in [5.41, 5.74) is 1.24. The molecular weight excluding hydrogens is 276 g/mol. The van der Waals surface area contributed by atoms with Crippen molar-refractivity contribution < 1.29 is 14.7 Å². The van der Waals surface area contributed by atoms with Crippen molar-refractivity contribution >= 4 is 23.3 Å². The third kappa shape index (κ3) is 6.06. The molecule has 0 bridgehead atoms. The lowest BCUT2D eigenvalue weighted by atomic mass is 10.1. The zero-order valence-electron chi connectivity index (χ0n) is 12.2. The summed E-state index contributed by atoms with van der Waals surface area (Å²) < 4.78 is 0. The number of rotatable bonds is 7. The molecular formula is C14H22N2O3S. The van der Waals surface area contributed by atoms with Crippen LogP contribution >= 0.6 is 11.3 Å². The van der Waals surface area contributed by atoms with Crippen LogP contribution < -0.4 is 10.6 Å². The van der Waals surface area contributed by atoms with Gasteiger partial charge in [0.25, 0.3) is 0 Å². The Hall–Kier alpha value is -1.56. The second kappa shape index (κ2) is 7.89. The van der Waals surface area contributed by atoms with Gasteiger partial charge in [0.2, 0.25) is 0 Å². The predicted molar refractivity (Wildman–Crippen MR) is 80.1 cm³/mol. The van der Waals surface area contributed by atoms with Gasteiger partial charge in [-0.2, -0.15) is 0 Å². The van der Waals surface area contributed by atoms with Gasteiger partial charge in [0, 0.05) is 22.7 Å². The number of amides is 2. The average Bonchev–Trinajstić information content (AvgIpc) is 2.70. The molecule has 1 aromatic heterocycles. The van der Waals surface area contributed by atoms with E-state index >= 15 is 0 Å². The van der Waals surface area contributed by atoms with E-state index in [1.807, 2.05) is 6.92 Å². The highest BCUT2D eigenvalue weighted by atomic mass is 32.1. The number of urea groups is 1. The minimum atomic E-state index is -0.801. The summed E-state index contributed by atoms with van der Waals surface area (Å²) in [4.78, 5) is 24.5. The zero-order valence-corrected chi connectivity index (χ0v) is 13.0. The second-order valence-electron chi connectivity index (χ2n) is 5.05. The van der Waals surface area contributed by atoms with Gasteiger partial charge in [-0.25, -0.2) is 4.79 Å². The first-order valence-corrected chi connectivity index (χ1v) is 7.49. The fourth-order valence-electron chi connectivity index (χ4n) is 1.71. The summed E-state index contributed by atoms with van der Waals surface area (Å²) in [6.07, 6.45) is 0.705. The largest absolute Gasteiger partial charge is 0.481 e. The van der Waals surface area contributed by atoms with Gasteiger partial charge in [0.05, 0.1) is 6.54 Å². The highest BCUT2D eigenvalue weighted by molar-refractivity contribution is 7.12. The van der Waals surface area contributed by atoms with E-state index in [-0.39, 0.29) is 18.4 Å². The molecule has 20 heavy (non-hydrogen) atoms. The highest BCUT2D eigenvalue weighted by Gasteiger charge is 2.08. The molecule has 1 heterocycles. The monoisotopic (exact) mass is 298 g/mol. The van der Waals surface area contributed by atoms with Crippen LogP contribution in [0.25, 0.3) is 0 Å². The Morgan fingerprint density at radius 1 is 1.35 bits per heavy atom. The molecule has 2 amide bonds. The fourth-order valence-corrected chi connectivity index (χ4v) is 2.70. The summed E-state index contributed by atoms with van der Waals surface area (Å²) in [5, 5.41) is 14.1. The van der Waals surface area contributed by atoms with E-state index in [2.05, 4.69) is 30.5 Å². The Balaban J connectivity index is 2.21. The fraction of sp³-hybridized carbons (Fsp3) is 0.571. The van der Waals surface area contributed by atoms with Gasteiger partial charge in [0.1, 0.15) is 0 Å². The van der Waals surface area contributed by atoms with Gasteiger partial charge < -0.3 is 15.7 Å². The van der Waals surface area contributed by atoms with Crippen molar-refractivity contribution in [3.05, 3.63) is 21.4 Å². The average molecular weight is 298 g/mol. The molecule has 1 rings (SSSR count). The van der Waals surface area contributed by atoms with Crippen LogP contribution in [0.4, 0.5) is 4.79 Å². The first kappa shape index (κ1) is 16.5. The number of carboxylic acids is 1. The van der Waals surface area contributed by atoms with Crippen LogP contribution in [-0.2, 0) is 11.3 Å². The van der Waals surface area contributed by atoms with Crippen LogP contribution in [0.15, 0.2) is 6.07 Å². The van der Waals surface area contributed by atoms with Crippen molar-refractivity contribution in [2.24, 2.45) is 5.92 Å². The molecule has 0 spiro atoms. The first-order chi connectivity index (χ1) is 9.38. The lowest BCUT2D eigenvalue weighted by Crippen LogP contribution is -2.37. The molecule has 0 radical (unpaired) electrons. The molecule has 1 atom stereocenters. The highest BCUT2D eigenvalue weighted by Crippen LogP contribution is 2.20. The minimum Gasteiger partial charge on any atom is -0.481 e.